The van der Waals surface area contributed by atoms with Crippen LogP contribution in [0.4, 0.5) is 14.5 Å². The Morgan fingerprint density at radius 3 is 2.65 bits per heavy atom. The number of anilines is 1. The number of carbonyl (C=O) groups excluding carboxylic acids is 1. The zero-order valence-electron chi connectivity index (χ0n) is 18.4. The van der Waals surface area contributed by atoms with Crippen LogP contribution >= 0.6 is 0 Å². The molecule has 0 unspecified atom stereocenters. The first-order chi connectivity index (χ1) is 16.3. The van der Waals surface area contributed by atoms with Gasteiger partial charge in [0.15, 0.2) is 11.6 Å². The Bertz CT molecular complexity index is 1190. The zero-order chi connectivity index (χ0) is 24.4. The standard InChI is InChI=1S/C24H24F2N4O4/c1-2-19-23(33)18(32)9-20(34-19)13-6-7-28-10-12(13)8-17(31)22-16(27)11-29-24(30-22)21-14(25)4-3-5-15(21)26/h3-7,10-11,18-20,23,32-33H,2,8-9,27H2,1H3/t18-,19-,20-,23+/m1/s1. The molecule has 0 saturated carbocycles. The minimum atomic E-state index is -0.994. The average Bonchev–Trinajstić information content (AvgIpc) is 2.82. The minimum Gasteiger partial charge on any atom is -0.396 e. The van der Waals surface area contributed by atoms with Gasteiger partial charge in [0.25, 0.3) is 0 Å². The first kappa shape index (κ1) is 23.8. The quantitative estimate of drug-likeness (QED) is 0.469. The molecule has 3 aromatic rings. The number of nitrogen functional groups attached to an aromatic ring is 1. The molecule has 10 heteroatoms. The Labute approximate surface area is 194 Å². The lowest BCUT2D eigenvalue weighted by Gasteiger charge is -2.37. The number of aliphatic hydroxyl groups excluding tert-OH is 2. The third kappa shape index (κ3) is 4.65. The van der Waals surface area contributed by atoms with E-state index in [0.29, 0.717) is 17.5 Å². The highest BCUT2D eigenvalue weighted by molar-refractivity contribution is 6.00. The van der Waals surface area contributed by atoms with E-state index in [1.54, 1.807) is 12.3 Å². The summed E-state index contributed by atoms with van der Waals surface area (Å²) >= 11 is 0. The number of hydrogen-bond acceptors (Lipinski definition) is 8. The number of aliphatic hydroxyl groups is 2. The highest BCUT2D eigenvalue weighted by Gasteiger charge is 2.37. The van der Waals surface area contributed by atoms with E-state index in [9.17, 15) is 23.8 Å². The second-order valence-corrected chi connectivity index (χ2v) is 8.13. The number of ether oxygens (including phenoxy) is 1. The molecule has 34 heavy (non-hydrogen) atoms. The fourth-order valence-corrected chi connectivity index (χ4v) is 4.09. The summed E-state index contributed by atoms with van der Waals surface area (Å²) in [4.78, 5) is 25.2. The third-order valence-corrected chi connectivity index (χ3v) is 5.88. The van der Waals surface area contributed by atoms with Crippen LogP contribution in [0.25, 0.3) is 11.4 Å². The highest BCUT2D eigenvalue weighted by atomic mass is 19.1. The van der Waals surface area contributed by atoms with Crippen LogP contribution in [0.3, 0.4) is 0 Å². The van der Waals surface area contributed by atoms with E-state index in [2.05, 4.69) is 15.0 Å². The van der Waals surface area contributed by atoms with E-state index in [4.69, 9.17) is 10.5 Å². The maximum atomic E-state index is 14.2. The number of nitrogens with two attached hydrogens (primary N) is 1. The number of Topliss-reactive ketones (excluding diaryl/α,β-unsaturated/α-hetero) is 1. The van der Waals surface area contributed by atoms with E-state index < -0.39 is 47.4 Å². The number of aromatic nitrogens is 3. The van der Waals surface area contributed by atoms with Gasteiger partial charge in [0.1, 0.15) is 23.4 Å². The van der Waals surface area contributed by atoms with Crippen LogP contribution in [-0.2, 0) is 11.2 Å². The molecule has 3 heterocycles. The van der Waals surface area contributed by atoms with E-state index in [1.165, 1.54) is 12.3 Å². The number of nitrogens with zero attached hydrogens (tertiary/aromatic N) is 3. The van der Waals surface area contributed by atoms with Gasteiger partial charge < -0.3 is 20.7 Å². The van der Waals surface area contributed by atoms with Gasteiger partial charge in [0, 0.05) is 25.2 Å². The van der Waals surface area contributed by atoms with Crippen LogP contribution in [-0.4, -0.2) is 49.3 Å². The molecule has 4 N–H and O–H groups in total. The van der Waals surface area contributed by atoms with Crippen molar-refractivity contribution < 1.29 is 28.5 Å². The summed E-state index contributed by atoms with van der Waals surface area (Å²) in [6.45, 7) is 1.84. The van der Waals surface area contributed by atoms with Gasteiger partial charge in [-0.15, -0.1) is 0 Å². The van der Waals surface area contributed by atoms with Gasteiger partial charge >= 0.3 is 0 Å². The molecule has 8 nitrogen and oxygen atoms in total. The summed E-state index contributed by atoms with van der Waals surface area (Å²) in [6, 6.07) is 5.04. The van der Waals surface area contributed by atoms with Crippen LogP contribution in [0.1, 0.15) is 47.5 Å². The Balaban J connectivity index is 1.64. The highest BCUT2D eigenvalue weighted by Crippen LogP contribution is 2.35. The van der Waals surface area contributed by atoms with Crippen molar-refractivity contribution >= 4 is 11.5 Å². The predicted molar refractivity (Wildman–Crippen MR) is 119 cm³/mol. The molecule has 2 aromatic heterocycles. The van der Waals surface area contributed by atoms with Crippen LogP contribution < -0.4 is 5.73 Å². The van der Waals surface area contributed by atoms with E-state index in [0.717, 1.165) is 18.3 Å². The molecule has 0 amide bonds. The minimum absolute atomic E-state index is 0.0329. The van der Waals surface area contributed by atoms with E-state index in [-0.39, 0.29) is 30.0 Å². The number of carbonyl (C=O) groups is 1. The molecule has 1 saturated heterocycles. The van der Waals surface area contributed by atoms with E-state index in [1.807, 2.05) is 6.92 Å². The SMILES string of the molecule is CC[C@H]1O[C@@H](c2ccncc2CC(=O)c2nc(-c3c(F)cccc3F)ncc2N)C[C@@H](O)[C@@H]1O. The normalized spacial score (nSPS) is 22.5. The number of benzene rings is 1. The summed E-state index contributed by atoms with van der Waals surface area (Å²) in [5.41, 5.74) is 6.42. The Hall–Kier alpha value is -3.34. The van der Waals surface area contributed by atoms with Crippen LogP contribution in [0.5, 0.6) is 0 Å². The maximum absolute atomic E-state index is 14.2. The molecule has 0 aliphatic carbocycles. The summed E-state index contributed by atoms with van der Waals surface area (Å²) in [5.74, 6) is -2.52. The second-order valence-electron chi connectivity index (χ2n) is 8.13. The van der Waals surface area contributed by atoms with Crippen molar-refractivity contribution in [3.8, 4) is 11.4 Å². The molecule has 1 fully saturated rings. The molecule has 178 valence electrons. The van der Waals surface area contributed by atoms with Crippen LogP contribution in [0.15, 0.2) is 42.9 Å². The molecule has 1 aliphatic rings. The summed E-state index contributed by atoms with van der Waals surface area (Å²) in [7, 11) is 0. The maximum Gasteiger partial charge on any atom is 0.187 e. The van der Waals surface area contributed by atoms with Gasteiger partial charge in [-0.2, -0.15) is 0 Å². The topological polar surface area (TPSA) is 131 Å². The summed E-state index contributed by atoms with van der Waals surface area (Å²) in [6.07, 6.45) is 1.59. The number of pyridine rings is 1. The van der Waals surface area contributed by atoms with Crippen molar-refractivity contribution in [2.75, 3.05) is 5.73 Å². The lowest BCUT2D eigenvalue weighted by atomic mass is 9.90. The zero-order valence-corrected chi connectivity index (χ0v) is 18.4. The first-order valence-electron chi connectivity index (χ1n) is 10.8. The molecular weight excluding hydrogens is 446 g/mol. The molecule has 4 atom stereocenters. The molecule has 0 radical (unpaired) electrons. The summed E-state index contributed by atoms with van der Waals surface area (Å²) in [5, 5.41) is 20.4. The van der Waals surface area contributed by atoms with Crippen molar-refractivity contribution in [2.24, 2.45) is 0 Å². The molecule has 1 aliphatic heterocycles. The Morgan fingerprint density at radius 2 is 1.94 bits per heavy atom. The van der Waals surface area contributed by atoms with Gasteiger partial charge in [-0.25, -0.2) is 18.7 Å². The molecular formula is C24H24F2N4O4. The fourth-order valence-electron chi connectivity index (χ4n) is 4.09. The third-order valence-electron chi connectivity index (χ3n) is 5.88. The Morgan fingerprint density at radius 1 is 1.21 bits per heavy atom. The van der Waals surface area contributed by atoms with Crippen LogP contribution in [0, 0.1) is 11.6 Å². The van der Waals surface area contributed by atoms with Crippen LogP contribution in [0.2, 0.25) is 0 Å². The molecule has 4 rings (SSSR count). The van der Waals surface area contributed by atoms with Gasteiger partial charge in [-0.05, 0) is 35.7 Å². The van der Waals surface area contributed by atoms with Gasteiger partial charge in [0.2, 0.25) is 0 Å². The fraction of sp³-hybridized carbons (Fsp3) is 0.333. The van der Waals surface area contributed by atoms with E-state index >= 15 is 0 Å². The molecule has 1 aromatic carbocycles. The Kier molecular flexibility index (Phi) is 6.92. The van der Waals surface area contributed by atoms with Gasteiger partial charge in [-0.1, -0.05) is 13.0 Å². The lowest BCUT2D eigenvalue weighted by molar-refractivity contribution is -0.171. The van der Waals surface area contributed by atoms with Gasteiger partial charge in [-0.3, -0.25) is 9.78 Å². The monoisotopic (exact) mass is 470 g/mol. The first-order valence-corrected chi connectivity index (χ1v) is 10.8. The van der Waals surface area contributed by atoms with Crippen molar-refractivity contribution in [1.29, 1.82) is 0 Å². The predicted octanol–water partition coefficient (Wildman–Crippen LogP) is 2.79. The van der Waals surface area contributed by atoms with Crippen molar-refractivity contribution in [3.63, 3.8) is 0 Å². The number of hydrogen-bond donors (Lipinski definition) is 3. The number of rotatable bonds is 6. The number of halogens is 2. The largest absolute Gasteiger partial charge is 0.396 e. The number of ketones is 1. The second kappa shape index (κ2) is 9.88. The molecule has 0 bridgehead atoms. The van der Waals surface area contributed by atoms with Crippen molar-refractivity contribution in [2.45, 2.75) is 50.6 Å². The average molecular weight is 470 g/mol. The smallest absolute Gasteiger partial charge is 0.187 e. The molecule has 0 spiro atoms. The lowest BCUT2D eigenvalue weighted by Crippen LogP contribution is -2.45. The summed E-state index contributed by atoms with van der Waals surface area (Å²) < 4.78 is 34.4. The van der Waals surface area contributed by atoms with Gasteiger partial charge in [0.05, 0.1) is 35.8 Å². The van der Waals surface area contributed by atoms with Crippen molar-refractivity contribution in [3.05, 3.63) is 71.3 Å². The van der Waals surface area contributed by atoms with Crippen molar-refractivity contribution in [1.82, 2.24) is 15.0 Å².